The highest BCUT2D eigenvalue weighted by molar-refractivity contribution is 7.89. The van der Waals surface area contributed by atoms with Gasteiger partial charge in [0.2, 0.25) is 15.9 Å². The summed E-state index contributed by atoms with van der Waals surface area (Å²) in [6.45, 7) is 6.32. The minimum atomic E-state index is -3.34. The normalized spacial score (nSPS) is 12.0. The maximum atomic E-state index is 12.1. The van der Waals surface area contributed by atoms with Crippen molar-refractivity contribution in [3.63, 3.8) is 0 Å². The molecule has 0 heterocycles. The van der Waals surface area contributed by atoms with E-state index < -0.39 is 10.0 Å². The van der Waals surface area contributed by atoms with E-state index >= 15 is 0 Å². The van der Waals surface area contributed by atoms with Gasteiger partial charge in [-0.1, -0.05) is 45.0 Å². The lowest BCUT2D eigenvalue weighted by molar-refractivity contribution is -0.120. The van der Waals surface area contributed by atoms with Gasteiger partial charge in [-0.2, -0.15) is 0 Å². The summed E-state index contributed by atoms with van der Waals surface area (Å²) in [6.07, 6.45) is 0.138. The van der Waals surface area contributed by atoms with E-state index in [1.807, 2.05) is 12.1 Å². The maximum Gasteiger partial charge on any atom is 0.220 e. The monoisotopic (exact) mass is 354 g/mol. The SMILES string of the molecule is CNS(=O)(=O)CCNC(=O)CCC(=O)c1ccc(C(C)(C)C)cc1. The van der Waals surface area contributed by atoms with E-state index in [4.69, 9.17) is 0 Å². The fraction of sp³-hybridized carbons (Fsp3) is 0.529. The first kappa shape index (κ1) is 20.3. The van der Waals surface area contributed by atoms with Crippen molar-refractivity contribution in [1.29, 1.82) is 0 Å². The summed E-state index contributed by atoms with van der Waals surface area (Å²) >= 11 is 0. The van der Waals surface area contributed by atoms with E-state index in [1.165, 1.54) is 7.05 Å². The number of Topliss-reactive ketones (excluding diaryl/α,β-unsaturated/α-hetero) is 1. The summed E-state index contributed by atoms with van der Waals surface area (Å²) < 4.78 is 24.6. The summed E-state index contributed by atoms with van der Waals surface area (Å²) in [5.74, 6) is -0.619. The molecule has 6 nitrogen and oxygen atoms in total. The highest BCUT2D eigenvalue weighted by Gasteiger charge is 2.15. The van der Waals surface area contributed by atoms with Crippen LogP contribution in [0.15, 0.2) is 24.3 Å². The molecule has 0 fully saturated rings. The Morgan fingerprint density at radius 1 is 1.04 bits per heavy atom. The van der Waals surface area contributed by atoms with Crippen LogP contribution in [0.25, 0.3) is 0 Å². The van der Waals surface area contributed by atoms with Crippen molar-refractivity contribution >= 4 is 21.7 Å². The fourth-order valence-electron chi connectivity index (χ4n) is 2.04. The summed E-state index contributed by atoms with van der Waals surface area (Å²) in [5.41, 5.74) is 1.74. The van der Waals surface area contributed by atoms with Crippen molar-refractivity contribution < 1.29 is 18.0 Å². The topological polar surface area (TPSA) is 92.3 Å². The summed E-state index contributed by atoms with van der Waals surface area (Å²) in [5, 5.41) is 2.50. The molecule has 0 aliphatic carbocycles. The van der Waals surface area contributed by atoms with Crippen LogP contribution in [-0.4, -0.2) is 39.5 Å². The van der Waals surface area contributed by atoms with Crippen LogP contribution in [0, 0.1) is 0 Å². The Bertz CT molecular complexity index is 674. The van der Waals surface area contributed by atoms with Gasteiger partial charge in [0, 0.05) is 24.9 Å². The van der Waals surface area contributed by atoms with Gasteiger partial charge in [-0.05, 0) is 18.0 Å². The molecular weight excluding hydrogens is 328 g/mol. The lowest BCUT2D eigenvalue weighted by Gasteiger charge is -2.18. The number of nitrogens with one attached hydrogen (secondary N) is 2. The molecule has 2 N–H and O–H groups in total. The van der Waals surface area contributed by atoms with Crippen molar-refractivity contribution in [2.24, 2.45) is 0 Å². The predicted molar refractivity (Wildman–Crippen MR) is 94.6 cm³/mol. The van der Waals surface area contributed by atoms with Crippen molar-refractivity contribution in [2.75, 3.05) is 19.3 Å². The maximum absolute atomic E-state index is 12.1. The molecule has 0 aromatic heterocycles. The zero-order valence-corrected chi connectivity index (χ0v) is 15.5. The molecule has 0 radical (unpaired) electrons. The van der Waals surface area contributed by atoms with E-state index in [9.17, 15) is 18.0 Å². The van der Waals surface area contributed by atoms with E-state index in [1.54, 1.807) is 12.1 Å². The lowest BCUT2D eigenvalue weighted by Crippen LogP contribution is -2.33. The molecule has 0 aliphatic heterocycles. The second kappa shape index (κ2) is 8.39. The quantitative estimate of drug-likeness (QED) is 0.694. The van der Waals surface area contributed by atoms with Gasteiger partial charge in [0.15, 0.2) is 5.78 Å². The van der Waals surface area contributed by atoms with Gasteiger partial charge < -0.3 is 5.32 Å². The van der Waals surface area contributed by atoms with E-state index in [0.29, 0.717) is 5.56 Å². The number of amides is 1. The van der Waals surface area contributed by atoms with Crippen LogP contribution in [-0.2, 0) is 20.2 Å². The number of hydrogen-bond donors (Lipinski definition) is 2. The lowest BCUT2D eigenvalue weighted by atomic mass is 9.86. The van der Waals surface area contributed by atoms with Crippen molar-refractivity contribution in [3.8, 4) is 0 Å². The van der Waals surface area contributed by atoms with Crippen LogP contribution in [0.2, 0.25) is 0 Å². The first-order valence-corrected chi connectivity index (χ1v) is 9.52. The van der Waals surface area contributed by atoms with Crippen LogP contribution in [0.1, 0.15) is 49.5 Å². The van der Waals surface area contributed by atoms with E-state index in [-0.39, 0.29) is 42.2 Å². The average molecular weight is 354 g/mol. The smallest absolute Gasteiger partial charge is 0.220 e. The third-order valence-electron chi connectivity index (χ3n) is 3.66. The van der Waals surface area contributed by atoms with Gasteiger partial charge in [0.05, 0.1) is 5.75 Å². The second-order valence-electron chi connectivity index (χ2n) is 6.62. The fourth-order valence-corrected chi connectivity index (χ4v) is 2.62. The van der Waals surface area contributed by atoms with Gasteiger partial charge >= 0.3 is 0 Å². The number of hydrogen-bond acceptors (Lipinski definition) is 4. The molecule has 1 rings (SSSR count). The van der Waals surface area contributed by atoms with Crippen molar-refractivity contribution in [2.45, 2.75) is 39.0 Å². The molecule has 1 aromatic carbocycles. The standard InChI is InChI=1S/C17H26N2O4S/c1-17(2,3)14-7-5-13(6-8-14)15(20)9-10-16(21)19-11-12-24(22,23)18-4/h5-8,18H,9-12H2,1-4H3,(H,19,21). The number of benzene rings is 1. The number of carbonyl (C=O) groups excluding carboxylic acids is 2. The molecule has 0 aliphatic rings. The molecule has 1 amide bonds. The average Bonchev–Trinajstić information content (AvgIpc) is 2.51. The summed E-state index contributed by atoms with van der Waals surface area (Å²) in [4.78, 5) is 23.8. The zero-order chi connectivity index (χ0) is 18.4. The van der Waals surface area contributed by atoms with Gasteiger partial charge in [-0.25, -0.2) is 13.1 Å². The van der Waals surface area contributed by atoms with Gasteiger partial charge in [-0.3, -0.25) is 9.59 Å². The number of sulfonamides is 1. The molecule has 134 valence electrons. The molecule has 0 saturated heterocycles. The van der Waals surface area contributed by atoms with Crippen molar-refractivity contribution in [1.82, 2.24) is 10.0 Å². The molecule has 0 unspecified atom stereocenters. The van der Waals surface area contributed by atoms with Crippen LogP contribution >= 0.6 is 0 Å². The van der Waals surface area contributed by atoms with Crippen LogP contribution < -0.4 is 10.0 Å². The number of rotatable bonds is 8. The van der Waals surface area contributed by atoms with Crippen LogP contribution in [0.3, 0.4) is 0 Å². The Morgan fingerprint density at radius 3 is 2.12 bits per heavy atom. The van der Waals surface area contributed by atoms with Gasteiger partial charge in [0.1, 0.15) is 0 Å². The third-order valence-corrected chi connectivity index (χ3v) is 5.02. The van der Waals surface area contributed by atoms with Crippen molar-refractivity contribution in [3.05, 3.63) is 35.4 Å². The van der Waals surface area contributed by atoms with Crippen LogP contribution in [0.5, 0.6) is 0 Å². The van der Waals surface area contributed by atoms with Gasteiger partial charge in [0.25, 0.3) is 0 Å². The minimum Gasteiger partial charge on any atom is -0.355 e. The molecule has 0 saturated carbocycles. The Morgan fingerprint density at radius 2 is 1.62 bits per heavy atom. The van der Waals surface area contributed by atoms with E-state index in [0.717, 1.165) is 5.56 Å². The minimum absolute atomic E-state index is 0.0230. The highest BCUT2D eigenvalue weighted by atomic mass is 32.2. The first-order chi connectivity index (χ1) is 11.0. The number of carbonyl (C=O) groups is 2. The molecule has 0 bridgehead atoms. The molecule has 24 heavy (non-hydrogen) atoms. The summed E-state index contributed by atoms with van der Waals surface area (Å²) in [6, 6.07) is 7.41. The zero-order valence-electron chi connectivity index (χ0n) is 14.7. The Kier molecular flexibility index (Phi) is 7.10. The molecule has 1 aromatic rings. The largest absolute Gasteiger partial charge is 0.355 e. The third kappa shape index (κ3) is 6.80. The Hall–Kier alpha value is -1.73. The van der Waals surface area contributed by atoms with E-state index in [2.05, 4.69) is 30.8 Å². The predicted octanol–water partition coefficient (Wildman–Crippen LogP) is 1.61. The first-order valence-electron chi connectivity index (χ1n) is 7.87. The molecule has 0 atom stereocenters. The number of ketones is 1. The van der Waals surface area contributed by atoms with Gasteiger partial charge in [-0.15, -0.1) is 0 Å². The molecular formula is C17H26N2O4S. The molecule has 0 spiro atoms. The highest BCUT2D eigenvalue weighted by Crippen LogP contribution is 2.22. The Labute approximate surface area is 144 Å². The molecule has 7 heteroatoms. The summed E-state index contributed by atoms with van der Waals surface area (Å²) in [7, 11) is -2.02. The second-order valence-corrected chi connectivity index (χ2v) is 8.67. The van der Waals surface area contributed by atoms with Crippen LogP contribution in [0.4, 0.5) is 0 Å². The Balaban J connectivity index is 2.44.